The van der Waals surface area contributed by atoms with E-state index in [9.17, 15) is 0 Å². The molecule has 0 aromatic rings. The monoisotopic (exact) mass is 327 g/mol. The lowest BCUT2D eigenvalue weighted by Crippen LogP contribution is -2.34. The molecule has 0 bridgehead atoms. The van der Waals surface area contributed by atoms with Crippen LogP contribution in [0.2, 0.25) is 0 Å². The first-order chi connectivity index (χ1) is 11.3. The lowest BCUT2D eigenvalue weighted by Gasteiger charge is -2.30. The molecule has 1 aliphatic heterocycles. The smallest absolute Gasteiger partial charge is 0.159 e. The van der Waals surface area contributed by atoms with E-state index in [4.69, 9.17) is 9.47 Å². The fourth-order valence-corrected chi connectivity index (χ4v) is 3.79. The van der Waals surface area contributed by atoms with Gasteiger partial charge < -0.3 is 14.4 Å². The Morgan fingerprint density at radius 3 is 2.00 bits per heavy atom. The molecule has 0 aromatic heterocycles. The Bertz CT molecular complexity index is 250. The SMILES string of the molecule is CCCCCCCCCC(CCN1CCCCC1)C(OC)OC. The molecule has 1 rings (SSSR count). The van der Waals surface area contributed by atoms with Crippen LogP contribution in [-0.2, 0) is 9.47 Å². The van der Waals surface area contributed by atoms with Crippen molar-refractivity contribution in [1.82, 2.24) is 4.90 Å². The lowest BCUT2D eigenvalue weighted by molar-refractivity contribution is -0.141. The second-order valence-corrected chi connectivity index (χ2v) is 7.20. The van der Waals surface area contributed by atoms with Crippen LogP contribution in [0.5, 0.6) is 0 Å². The van der Waals surface area contributed by atoms with Crippen LogP contribution in [0.4, 0.5) is 0 Å². The zero-order valence-electron chi connectivity index (χ0n) is 16.0. The third kappa shape index (κ3) is 9.69. The largest absolute Gasteiger partial charge is 0.356 e. The number of nitrogens with zero attached hydrogens (tertiary/aromatic N) is 1. The molecule has 1 aliphatic rings. The summed E-state index contributed by atoms with van der Waals surface area (Å²) in [5.41, 5.74) is 0. The molecule has 1 unspecified atom stereocenters. The van der Waals surface area contributed by atoms with Crippen LogP contribution in [0.15, 0.2) is 0 Å². The van der Waals surface area contributed by atoms with Gasteiger partial charge in [0.25, 0.3) is 0 Å². The normalized spacial score (nSPS) is 17.7. The molecule has 3 heteroatoms. The molecule has 0 N–H and O–H groups in total. The van der Waals surface area contributed by atoms with Gasteiger partial charge >= 0.3 is 0 Å². The number of unbranched alkanes of at least 4 members (excludes halogenated alkanes) is 6. The summed E-state index contributed by atoms with van der Waals surface area (Å²) < 4.78 is 11.1. The molecule has 1 heterocycles. The topological polar surface area (TPSA) is 21.7 Å². The quantitative estimate of drug-likeness (QED) is 0.322. The minimum Gasteiger partial charge on any atom is -0.356 e. The van der Waals surface area contributed by atoms with E-state index in [1.165, 1.54) is 96.7 Å². The number of rotatable bonds is 14. The first-order valence-electron chi connectivity index (χ1n) is 10.1. The van der Waals surface area contributed by atoms with E-state index >= 15 is 0 Å². The van der Waals surface area contributed by atoms with E-state index in [0.29, 0.717) is 5.92 Å². The number of ether oxygens (including phenoxy) is 2. The summed E-state index contributed by atoms with van der Waals surface area (Å²) in [4.78, 5) is 2.63. The Labute approximate surface area is 145 Å². The second kappa shape index (κ2) is 14.2. The van der Waals surface area contributed by atoms with E-state index in [1.54, 1.807) is 14.2 Å². The van der Waals surface area contributed by atoms with Crippen LogP contribution in [0.1, 0.15) is 84.0 Å². The Morgan fingerprint density at radius 1 is 0.783 bits per heavy atom. The molecule has 1 atom stereocenters. The molecule has 0 amide bonds. The lowest BCUT2D eigenvalue weighted by atomic mass is 9.95. The minimum atomic E-state index is -0.0279. The van der Waals surface area contributed by atoms with E-state index in [0.717, 1.165) is 0 Å². The van der Waals surface area contributed by atoms with Gasteiger partial charge in [-0.05, 0) is 45.3 Å². The van der Waals surface area contributed by atoms with Gasteiger partial charge in [0.15, 0.2) is 6.29 Å². The zero-order valence-corrected chi connectivity index (χ0v) is 16.0. The van der Waals surface area contributed by atoms with E-state index in [1.807, 2.05) is 0 Å². The molecule has 0 aromatic carbocycles. The van der Waals surface area contributed by atoms with Gasteiger partial charge in [0, 0.05) is 20.1 Å². The van der Waals surface area contributed by atoms with Crippen LogP contribution in [0.25, 0.3) is 0 Å². The van der Waals surface area contributed by atoms with Gasteiger partial charge in [-0.3, -0.25) is 0 Å². The molecule has 0 radical (unpaired) electrons. The molecule has 138 valence electrons. The zero-order chi connectivity index (χ0) is 16.8. The van der Waals surface area contributed by atoms with Crippen LogP contribution in [-0.4, -0.2) is 45.0 Å². The first kappa shape index (κ1) is 20.9. The van der Waals surface area contributed by atoms with Crippen molar-refractivity contribution >= 4 is 0 Å². The predicted molar refractivity (Wildman–Crippen MR) is 98.8 cm³/mol. The number of hydrogen-bond acceptors (Lipinski definition) is 3. The number of likely N-dealkylation sites (tertiary alicyclic amines) is 1. The number of hydrogen-bond donors (Lipinski definition) is 0. The molecule has 3 nitrogen and oxygen atoms in total. The van der Waals surface area contributed by atoms with Crippen molar-refractivity contribution in [2.45, 2.75) is 90.3 Å². The number of piperidine rings is 1. The van der Waals surface area contributed by atoms with Crippen molar-refractivity contribution in [1.29, 1.82) is 0 Å². The summed E-state index contributed by atoms with van der Waals surface area (Å²) >= 11 is 0. The van der Waals surface area contributed by atoms with Crippen molar-refractivity contribution in [2.75, 3.05) is 33.9 Å². The summed E-state index contributed by atoms with van der Waals surface area (Å²) in [6, 6.07) is 0. The highest BCUT2D eigenvalue weighted by Crippen LogP contribution is 2.22. The molecule has 1 fully saturated rings. The van der Waals surface area contributed by atoms with Gasteiger partial charge in [-0.1, -0.05) is 58.3 Å². The molecular formula is C20H41NO2. The predicted octanol–water partition coefficient (Wildman–Crippen LogP) is 5.24. The van der Waals surface area contributed by atoms with Crippen LogP contribution in [0.3, 0.4) is 0 Å². The molecule has 0 aliphatic carbocycles. The van der Waals surface area contributed by atoms with Gasteiger partial charge in [-0.15, -0.1) is 0 Å². The van der Waals surface area contributed by atoms with Crippen molar-refractivity contribution in [2.24, 2.45) is 5.92 Å². The van der Waals surface area contributed by atoms with Gasteiger partial charge in [-0.2, -0.15) is 0 Å². The van der Waals surface area contributed by atoms with Crippen LogP contribution >= 0.6 is 0 Å². The average molecular weight is 328 g/mol. The van der Waals surface area contributed by atoms with Crippen molar-refractivity contribution < 1.29 is 9.47 Å². The first-order valence-corrected chi connectivity index (χ1v) is 10.1. The van der Waals surface area contributed by atoms with Crippen molar-refractivity contribution in [3.63, 3.8) is 0 Å². The summed E-state index contributed by atoms with van der Waals surface area (Å²) in [6.07, 6.45) is 16.2. The molecule has 0 saturated carbocycles. The van der Waals surface area contributed by atoms with Gasteiger partial charge in [-0.25, -0.2) is 0 Å². The molecular weight excluding hydrogens is 286 g/mol. The fourth-order valence-electron chi connectivity index (χ4n) is 3.79. The van der Waals surface area contributed by atoms with E-state index in [-0.39, 0.29) is 6.29 Å². The minimum absolute atomic E-state index is 0.0279. The standard InChI is InChI=1S/C20H41NO2/c1-4-5-6-7-8-9-11-14-19(20(22-2)23-3)15-18-21-16-12-10-13-17-21/h19-20H,4-18H2,1-3H3. The Balaban J connectivity index is 2.22. The summed E-state index contributed by atoms with van der Waals surface area (Å²) in [5, 5.41) is 0. The van der Waals surface area contributed by atoms with Crippen molar-refractivity contribution in [3.05, 3.63) is 0 Å². The Morgan fingerprint density at radius 2 is 1.39 bits per heavy atom. The maximum atomic E-state index is 5.57. The van der Waals surface area contributed by atoms with Crippen LogP contribution in [0, 0.1) is 5.92 Å². The highest BCUT2D eigenvalue weighted by Gasteiger charge is 2.22. The summed E-state index contributed by atoms with van der Waals surface area (Å²) in [5.74, 6) is 0.544. The second-order valence-electron chi connectivity index (χ2n) is 7.20. The van der Waals surface area contributed by atoms with Gasteiger partial charge in [0.1, 0.15) is 0 Å². The third-order valence-corrected chi connectivity index (χ3v) is 5.29. The summed E-state index contributed by atoms with van der Waals surface area (Å²) in [7, 11) is 3.57. The maximum absolute atomic E-state index is 5.57. The maximum Gasteiger partial charge on any atom is 0.159 e. The molecule has 1 saturated heterocycles. The van der Waals surface area contributed by atoms with Gasteiger partial charge in [0.2, 0.25) is 0 Å². The summed E-state index contributed by atoms with van der Waals surface area (Å²) in [6.45, 7) is 6.07. The van der Waals surface area contributed by atoms with E-state index < -0.39 is 0 Å². The highest BCUT2D eigenvalue weighted by atomic mass is 16.7. The Hall–Kier alpha value is -0.120. The van der Waals surface area contributed by atoms with Crippen molar-refractivity contribution in [3.8, 4) is 0 Å². The molecule has 0 spiro atoms. The molecule has 23 heavy (non-hydrogen) atoms. The average Bonchev–Trinajstić information content (AvgIpc) is 2.60. The van der Waals surface area contributed by atoms with Gasteiger partial charge in [0.05, 0.1) is 0 Å². The number of methoxy groups -OCH3 is 2. The highest BCUT2D eigenvalue weighted by molar-refractivity contribution is 4.70. The van der Waals surface area contributed by atoms with Crippen LogP contribution < -0.4 is 0 Å². The Kier molecular flexibility index (Phi) is 13.0. The third-order valence-electron chi connectivity index (χ3n) is 5.29. The van der Waals surface area contributed by atoms with E-state index in [2.05, 4.69) is 11.8 Å². The fraction of sp³-hybridized carbons (Fsp3) is 1.00.